The second-order valence-corrected chi connectivity index (χ2v) is 9.19. The summed E-state index contributed by atoms with van der Waals surface area (Å²) in [6.07, 6.45) is 1.71. The molecule has 0 unspecified atom stereocenters. The first-order valence-electron chi connectivity index (χ1n) is 8.96. The van der Waals surface area contributed by atoms with Crippen molar-refractivity contribution < 1.29 is 0 Å². The van der Waals surface area contributed by atoms with E-state index in [1.54, 1.807) is 16.8 Å². The van der Waals surface area contributed by atoms with Crippen molar-refractivity contribution in [1.29, 1.82) is 0 Å². The molecule has 3 aromatic heterocycles. The Morgan fingerprint density at radius 3 is 2.70 bits per heavy atom. The summed E-state index contributed by atoms with van der Waals surface area (Å²) in [7, 11) is 0. The molecular formula is C21H13BrN4O2S2. The fraction of sp³-hybridized carbons (Fsp3) is 0.0476. The monoisotopic (exact) mass is 496 g/mol. The van der Waals surface area contributed by atoms with Gasteiger partial charge in [0, 0.05) is 27.9 Å². The number of benzene rings is 2. The Balaban J connectivity index is 1.62. The number of para-hydroxylation sites is 1. The van der Waals surface area contributed by atoms with Crippen molar-refractivity contribution in [3.63, 3.8) is 0 Å². The van der Waals surface area contributed by atoms with E-state index in [1.165, 1.54) is 33.6 Å². The molecule has 0 radical (unpaired) electrons. The minimum Gasteiger partial charge on any atom is -0.269 e. The zero-order chi connectivity index (χ0) is 20.7. The maximum Gasteiger partial charge on any atom is 0.266 e. The first-order valence-corrected chi connectivity index (χ1v) is 11.6. The highest BCUT2D eigenvalue weighted by Gasteiger charge is 2.14. The van der Waals surface area contributed by atoms with Crippen LogP contribution < -0.4 is 11.1 Å². The van der Waals surface area contributed by atoms with E-state index in [-0.39, 0.29) is 11.1 Å². The molecule has 0 bridgehead atoms. The minimum absolute atomic E-state index is 0.117. The van der Waals surface area contributed by atoms with Crippen LogP contribution in [0.5, 0.6) is 0 Å². The van der Waals surface area contributed by atoms with Gasteiger partial charge in [-0.2, -0.15) is 0 Å². The van der Waals surface area contributed by atoms with Crippen LogP contribution in [0.25, 0.3) is 21.6 Å². The molecule has 0 aliphatic rings. The molecule has 3 heterocycles. The Bertz CT molecular complexity index is 1510. The average Bonchev–Trinajstić information content (AvgIpc) is 3.23. The van der Waals surface area contributed by atoms with Crippen molar-refractivity contribution in [3.05, 3.63) is 97.0 Å². The Morgan fingerprint density at radius 1 is 1.03 bits per heavy atom. The number of nitrogens with zero attached hydrogens (tertiary/aromatic N) is 4. The number of rotatable bonds is 4. The van der Waals surface area contributed by atoms with Gasteiger partial charge in [-0.15, -0.1) is 11.3 Å². The van der Waals surface area contributed by atoms with Gasteiger partial charge in [0.1, 0.15) is 0 Å². The normalized spacial score (nSPS) is 11.4. The topological polar surface area (TPSA) is 69.3 Å². The maximum atomic E-state index is 13.3. The number of hydrogen-bond acceptors (Lipinski definition) is 6. The van der Waals surface area contributed by atoms with Crippen molar-refractivity contribution in [3.8, 4) is 5.69 Å². The number of fused-ring (bicyclic) bond motifs is 2. The highest BCUT2D eigenvalue weighted by Crippen LogP contribution is 2.25. The quantitative estimate of drug-likeness (QED) is 0.270. The minimum atomic E-state index is -0.142. The molecule has 0 amide bonds. The molecular weight excluding hydrogens is 484 g/mol. The van der Waals surface area contributed by atoms with Crippen LogP contribution in [0.4, 0.5) is 0 Å². The first kappa shape index (κ1) is 19.2. The fourth-order valence-corrected chi connectivity index (χ4v) is 5.14. The van der Waals surface area contributed by atoms with E-state index in [4.69, 9.17) is 4.98 Å². The number of thiazole rings is 1. The zero-order valence-electron chi connectivity index (χ0n) is 15.4. The van der Waals surface area contributed by atoms with Crippen molar-refractivity contribution in [2.75, 3.05) is 0 Å². The molecule has 148 valence electrons. The van der Waals surface area contributed by atoms with Crippen LogP contribution >= 0.6 is 39.0 Å². The van der Waals surface area contributed by atoms with Gasteiger partial charge in [0.25, 0.3) is 11.1 Å². The van der Waals surface area contributed by atoms with Crippen molar-refractivity contribution >= 4 is 54.9 Å². The molecule has 2 aromatic carbocycles. The van der Waals surface area contributed by atoms with Crippen molar-refractivity contribution in [2.45, 2.75) is 10.9 Å². The lowest BCUT2D eigenvalue weighted by atomic mass is 10.2. The predicted octanol–water partition coefficient (Wildman–Crippen LogP) is 4.51. The smallest absolute Gasteiger partial charge is 0.266 e. The van der Waals surface area contributed by atoms with Crippen molar-refractivity contribution in [1.82, 2.24) is 18.9 Å². The van der Waals surface area contributed by atoms with E-state index in [9.17, 15) is 9.59 Å². The predicted molar refractivity (Wildman–Crippen MR) is 124 cm³/mol. The van der Waals surface area contributed by atoms with Gasteiger partial charge in [-0.05, 0) is 30.3 Å². The molecule has 9 heteroatoms. The number of halogens is 1. The van der Waals surface area contributed by atoms with E-state index in [0.717, 1.165) is 10.2 Å². The van der Waals surface area contributed by atoms with Crippen LogP contribution in [0.15, 0.2) is 85.4 Å². The van der Waals surface area contributed by atoms with Gasteiger partial charge in [0.15, 0.2) is 10.1 Å². The molecule has 0 aliphatic heterocycles. The molecule has 0 saturated heterocycles. The zero-order valence-corrected chi connectivity index (χ0v) is 18.6. The van der Waals surface area contributed by atoms with Gasteiger partial charge in [-0.3, -0.25) is 18.6 Å². The summed E-state index contributed by atoms with van der Waals surface area (Å²) in [5.41, 5.74) is 1.75. The van der Waals surface area contributed by atoms with Gasteiger partial charge >= 0.3 is 0 Å². The molecule has 6 nitrogen and oxygen atoms in total. The third-order valence-corrected chi connectivity index (χ3v) is 6.74. The van der Waals surface area contributed by atoms with E-state index in [0.29, 0.717) is 32.5 Å². The lowest BCUT2D eigenvalue weighted by Gasteiger charge is -2.13. The number of hydrogen-bond donors (Lipinski definition) is 0. The summed E-state index contributed by atoms with van der Waals surface area (Å²) >= 11 is 6.22. The SMILES string of the molecule is O=c1c2cc(Br)ccc2nc(SCc2cc(=O)n3ccsc3n2)n1-c1ccccc1. The summed E-state index contributed by atoms with van der Waals surface area (Å²) in [4.78, 5) is 35.5. The third-order valence-electron chi connectivity index (χ3n) is 4.52. The van der Waals surface area contributed by atoms with Crippen LogP contribution in [0.2, 0.25) is 0 Å². The van der Waals surface area contributed by atoms with Crippen LogP contribution in [0.1, 0.15) is 5.69 Å². The van der Waals surface area contributed by atoms with Crippen molar-refractivity contribution in [2.24, 2.45) is 0 Å². The van der Waals surface area contributed by atoms with Gasteiger partial charge in [0.05, 0.1) is 22.3 Å². The van der Waals surface area contributed by atoms with E-state index >= 15 is 0 Å². The third kappa shape index (κ3) is 3.49. The molecule has 0 atom stereocenters. The number of aromatic nitrogens is 4. The van der Waals surface area contributed by atoms with Gasteiger partial charge in [-0.1, -0.05) is 45.9 Å². The highest BCUT2D eigenvalue weighted by molar-refractivity contribution is 9.10. The van der Waals surface area contributed by atoms with Gasteiger partial charge in [-0.25, -0.2) is 9.97 Å². The van der Waals surface area contributed by atoms with Crippen LogP contribution in [0, 0.1) is 0 Å². The van der Waals surface area contributed by atoms with Crippen LogP contribution in [-0.2, 0) is 5.75 Å². The molecule has 0 fully saturated rings. The summed E-state index contributed by atoms with van der Waals surface area (Å²) < 4.78 is 3.95. The van der Waals surface area contributed by atoms with Gasteiger partial charge < -0.3 is 0 Å². The Labute approximate surface area is 187 Å². The standard InChI is InChI=1S/C21H13BrN4O2S2/c22-13-6-7-17-16(10-13)19(28)26(15-4-2-1-3-5-15)21(24-17)30-12-14-11-18(27)25-8-9-29-20(25)23-14/h1-11H,12H2. The summed E-state index contributed by atoms with van der Waals surface area (Å²) in [5, 5.41) is 2.92. The molecule has 5 aromatic rings. The van der Waals surface area contributed by atoms with E-state index < -0.39 is 0 Å². The Morgan fingerprint density at radius 2 is 1.87 bits per heavy atom. The summed E-state index contributed by atoms with van der Waals surface area (Å²) in [6, 6.07) is 16.4. The second kappa shape index (κ2) is 7.82. The molecule has 0 N–H and O–H groups in total. The van der Waals surface area contributed by atoms with E-state index in [1.807, 2.05) is 47.8 Å². The largest absolute Gasteiger partial charge is 0.269 e. The molecule has 0 aliphatic carbocycles. The second-order valence-electron chi connectivity index (χ2n) is 6.46. The average molecular weight is 497 g/mol. The molecule has 30 heavy (non-hydrogen) atoms. The molecule has 5 rings (SSSR count). The molecule has 0 spiro atoms. The lowest BCUT2D eigenvalue weighted by Crippen LogP contribution is -2.22. The Kier molecular flexibility index (Phi) is 5.01. The number of thioether (sulfide) groups is 1. The van der Waals surface area contributed by atoms with E-state index in [2.05, 4.69) is 20.9 Å². The molecule has 0 saturated carbocycles. The summed E-state index contributed by atoms with van der Waals surface area (Å²) in [6.45, 7) is 0. The maximum absolute atomic E-state index is 13.3. The van der Waals surface area contributed by atoms with Crippen LogP contribution in [0.3, 0.4) is 0 Å². The fourth-order valence-electron chi connectivity index (χ4n) is 3.14. The van der Waals surface area contributed by atoms with Crippen LogP contribution in [-0.4, -0.2) is 18.9 Å². The highest BCUT2D eigenvalue weighted by atomic mass is 79.9. The lowest BCUT2D eigenvalue weighted by molar-refractivity contribution is 0.819. The first-order chi connectivity index (χ1) is 14.6. The Hall–Kier alpha value is -2.75. The van der Waals surface area contributed by atoms with Gasteiger partial charge in [0.2, 0.25) is 0 Å². The summed E-state index contributed by atoms with van der Waals surface area (Å²) in [5.74, 6) is 0.422.